The van der Waals surface area contributed by atoms with Crippen LogP contribution in [-0.4, -0.2) is 45.8 Å². The molecule has 1 heterocycles. The van der Waals surface area contributed by atoms with E-state index in [0.717, 1.165) is 5.56 Å². The number of carboxylic acids is 1. The fourth-order valence-electron chi connectivity index (χ4n) is 1.73. The maximum atomic E-state index is 11.7. The number of carbonyl (C=O) groups excluding carboxylic acids is 1. The zero-order chi connectivity index (χ0) is 14.7. The molecule has 1 aromatic heterocycles. The minimum absolute atomic E-state index is 0.148. The predicted octanol–water partition coefficient (Wildman–Crippen LogP) is 1.33. The second-order valence-electron chi connectivity index (χ2n) is 4.60. The van der Waals surface area contributed by atoms with Crippen LogP contribution in [0, 0.1) is 0 Å². The van der Waals surface area contributed by atoms with E-state index in [1.165, 1.54) is 4.90 Å². The Morgan fingerprint density at radius 2 is 1.85 bits per heavy atom. The minimum atomic E-state index is -0.950. The number of aromatic nitrogens is 2. The summed E-state index contributed by atoms with van der Waals surface area (Å²) in [5.41, 5.74) is 1.55. The number of carbonyl (C=O) groups is 2. The van der Waals surface area contributed by atoms with E-state index >= 15 is 0 Å². The second kappa shape index (κ2) is 5.56. The molecule has 6 heteroatoms. The van der Waals surface area contributed by atoms with Crippen molar-refractivity contribution in [1.82, 2.24) is 14.7 Å². The molecule has 0 radical (unpaired) electrons. The van der Waals surface area contributed by atoms with E-state index in [1.54, 1.807) is 55.3 Å². The van der Waals surface area contributed by atoms with Crippen LogP contribution in [0.1, 0.15) is 26.4 Å². The first-order valence-electron chi connectivity index (χ1n) is 6.04. The number of carboxylic acid groups (broad SMARTS) is 1. The first-order chi connectivity index (χ1) is 9.47. The van der Waals surface area contributed by atoms with Gasteiger partial charge in [0.25, 0.3) is 5.91 Å². The summed E-state index contributed by atoms with van der Waals surface area (Å²) in [5, 5.41) is 13.0. The molecule has 6 nitrogen and oxygen atoms in total. The molecular formula is C14H15N3O3. The van der Waals surface area contributed by atoms with E-state index in [9.17, 15) is 9.59 Å². The monoisotopic (exact) mass is 273 g/mol. The highest BCUT2D eigenvalue weighted by atomic mass is 16.4. The molecule has 20 heavy (non-hydrogen) atoms. The molecule has 1 amide bonds. The van der Waals surface area contributed by atoms with Crippen LogP contribution in [0.3, 0.4) is 0 Å². The lowest BCUT2D eigenvalue weighted by Crippen LogP contribution is -2.22. The van der Waals surface area contributed by atoms with Gasteiger partial charge in [-0.3, -0.25) is 9.48 Å². The number of hydrogen-bond acceptors (Lipinski definition) is 3. The zero-order valence-corrected chi connectivity index (χ0v) is 11.3. The van der Waals surface area contributed by atoms with Crippen LogP contribution < -0.4 is 0 Å². The lowest BCUT2D eigenvalue weighted by atomic mass is 10.1. The molecule has 2 aromatic rings. The quantitative estimate of drug-likeness (QED) is 0.912. The van der Waals surface area contributed by atoms with Gasteiger partial charge in [-0.15, -0.1) is 0 Å². The summed E-state index contributed by atoms with van der Waals surface area (Å²) < 4.78 is 1.65. The molecule has 0 unspecified atom stereocenters. The van der Waals surface area contributed by atoms with Crippen molar-refractivity contribution in [2.45, 2.75) is 6.54 Å². The fourth-order valence-corrected chi connectivity index (χ4v) is 1.73. The third-order valence-corrected chi connectivity index (χ3v) is 2.81. The first kappa shape index (κ1) is 13.8. The lowest BCUT2D eigenvalue weighted by molar-refractivity contribution is 0.0696. The SMILES string of the molecule is CN(C)C(=O)c1ccn(Cc2ccc(C(=O)O)cc2)n1. The van der Waals surface area contributed by atoms with Crippen molar-refractivity contribution in [3.63, 3.8) is 0 Å². The molecule has 0 aliphatic rings. The Bertz CT molecular complexity index is 629. The van der Waals surface area contributed by atoms with Gasteiger partial charge in [0, 0.05) is 20.3 Å². The summed E-state index contributed by atoms with van der Waals surface area (Å²) in [6, 6.07) is 8.23. The van der Waals surface area contributed by atoms with Crippen LogP contribution in [0.5, 0.6) is 0 Å². The smallest absolute Gasteiger partial charge is 0.335 e. The largest absolute Gasteiger partial charge is 0.478 e. The van der Waals surface area contributed by atoms with Crippen LogP contribution in [0.2, 0.25) is 0 Å². The third-order valence-electron chi connectivity index (χ3n) is 2.81. The van der Waals surface area contributed by atoms with Gasteiger partial charge in [0.05, 0.1) is 12.1 Å². The van der Waals surface area contributed by atoms with Crippen LogP contribution in [0.25, 0.3) is 0 Å². The molecule has 1 N–H and O–H groups in total. The molecular weight excluding hydrogens is 258 g/mol. The summed E-state index contributed by atoms with van der Waals surface area (Å²) in [6.07, 6.45) is 1.72. The molecule has 0 saturated carbocycles. The van der Waals surface area contributed by atoms with Crippen molar-refractivity contribution in [3.05, 3.63) is 53.3 Å². The highest BCUT2D eigenvalue weighted by molar-refractivity contribution is 5.91. The summed E-state index contributed by atoms with van der Waals surface area (Å²) >= 11 is 0. The van der Waals surface area contributed by atoms with Crippen molar-refractivity contribution >= 4 is 11.9 Å². The highest BCUT2D eigenvalue weighted by Gasteiger charge is 2.11. The van der Waals surface area contributed by atoms with Gasteiger partial charge in [-0.05, 0) is 23.8 Å². The molecule has 0 spiro atoms. The van der Waals surface area contributed by atoms with E-state index in [0.29, 0.717) is 12.2 Å². The maximum Gasteiger partial charge on any atom is 0.335 e. The number of aromatic carboxylic acids is 1. The summed E-state index contributed by atoms with van der Waals surface area (Å²) in [6.45, 7) is 0.487. The van der Waals surface area contributed by atoms with Crippen molar-refractivity contribution < 1.29 is 14.7 Å². The van der Waals surface area contributed by atoms with E-state index in [-0.39, 0.29) is 11.5 Å². The van der Waals surface area contributed by atoms with E-state index in [2.05, 4.69) is 5.10 Å². The van der Waals surface area contributed by atoms with E-state index in [1.807, 2.05) is 0 Å². The second-order valence-corrected chi connectivity index (χ2v) is 4.60. The van der Waals surface area contributed by atoms with E-state index in [4.69, 9.17) is 5.11 Å². The molecule has 1 aromatic carbocycles. The third kappa shape index (κ3) is 3.03. The Kier molecular flexibility index (Phi) is 3.84. The Hall–Kier alpha value is -2.63. The standard InChI is InChI=1S/C14H15N3O3/c1-16(2)13(18)12-7-8-17(15-12)9-10-3-5-11(6-4-10)14(19)20/h3-8H,9H2,1-2H3,(H,19,20). The Morgan fingerprint density at radius 1 is 1.20 bits per heavy atom. The van der Waals surface area contributed by atoms with Gasteiger partial charge in [0.15, 0.2) is 0 Å². The normalized spacial score (nSPS) is 10.3. The van der Waals surface area contributed by atoms with Crippen molar-refractivity contribution in [2.75, 3.05) is 14.1 Å². The van der Waals surface area contributed by atoms with Gasteiger partial charge in [-0.2, -0.15) is 5.10 Å². The topological polar surface area (TPSA) is 75.4 Å². The summed E-state index contributed by atoms with van der Waals surface area (Å²) in [4.78, 5) is 23.9. The van der Waals surface area contributed by atoms with Crippen molar-refractivity contribution in [1.29, 1.82) is 0 Å². The van der Waals surface area contributed by atoms with Gasteiger partial charge in [-0.1, -0.05) is 12.1 Å². The number of amides is 1. The highest BCUT2D eigenvalue weighted by Crippen LogP contribution is 2.07. The van der Waals surface area contributed by atoms with Gasteiger partial charge in [-0.25, -0.2) is 4.79 Å². The Morgan fingerprint density at radius 3 is 2.40 bits per heavy atom. The molecule has 2 rings (SSSR count). The van der Waals surface area contributed by atoms with Gasteiger partial charge in [0.1, 0.15) is 5.69 Å². The number of rotatable bonds is 4. The Balaban J connectivity index is 2.10. The molecule has 0 fully saturated rings. The van der Waals surface area contributed by atoms with Crippen LogP contribution in [0.4, 0.5) is 0 Å². The maximum absolute atomic E-state index is 11.7. The molecule has 0 aliphatic carbocycles. The number of nitrogens with zero attached hydrogens (tertiary/aromatic N) is 3. The van der Waals surface area contributed by atoms with Crippen LogP contribution in [-0.2, 0) is 6.54 Å². The van der Waals surface area contributed by atoms with Gasteiger partial charge in [0.2, 0.25) is 0 Å². The van der Waals surface area contributed by atoms with E-state index < -0.39 is 5.97 Å². The molecule has 0 aliphatic heterocycles. The number of benzene rings is 1. The fraction of sp³-hybridized carbons (Fsp3) is 0.214. The average Bonchev–Trinajstić information content (AvgIpc) is 2.86. The number of hydrogen-bond donors (Lipinski definition) is 1. The van der Waals surface area contributed by atoms with Gasteiger partial charge < -0.3 is 10.0 Å². The van der Waals surface area contributed by atoms with Crippen LogP contribution in [0.15, 0.2) is 36.5 Å². The summed E-state index contributed by atoms with van der Waals surface area (Å²) in [7, 11) is 3.35. The molecule has 0 bridgehead atoms. The predicted molar refractivity (Wildman–Crippen MR) is 72.7 cm³/mol. The summed E-state index contributed by atoms with van der Waals surface area (Å²) in [5.74, 6) is -1.10. The molecule has 0 atom stereocenters. The van der Waals surface area contributed by atoms with Gasteiger partial charge >= 0.3 is 5.97 Å². The minimum Gasteiger partial charge on any atom is -0.478 e. The average molecular weight is 273 g/mol. The van der Waals surface area contributed by atoms with Crippen molar-refractivity contribution in [2.24, 2.45) is 0 Å². The van der Waals surface area contributed by atoms with Crippen molar-refractivity contribution in [3.8, 4) is 0 Å². The molecule has 104 valence electrons. The lowest BCUT2D eigenvalue weighted by Gasteiger charge is -2.07. The first-order valence-corrected chi connectivity index (χ1v) is 6.04. The Labute approximate surface area is 116 Å². The zero-order valence-electron chi connectivity index (χ0n) is 11.3. The van der Waals surface area contributed by atoms with Crippen LogP contribution >= 0.6 is 0 Å². The molecule has 0 saturated heterocycles.